The molecule has 2 aromatic rings. The number of ether oxygens (including phenoxy) is 2. The summed E-state index contributed by atoms with van der Waals surface area (Å²) >= 11 is 0. The number of nitrogens with one attached hydrogen (secondary N) is 1. The highest BCUT2D eigenvalue weighted by Crippen LogP contribution is 2.38. The molecule has 2 aromatic carbocycles. The van der Waals surface area contributed by atoms with E-state index in [1.807, 2.05) is 57.2 Å². The van der Waals surface area contributed by atoms with E-state index in [9.17, 15) is 4.79 Å². The predicted octanol–water partition coefficient (Wildman–Crippen LogP) is 3.90. The monoisotopic (exact) mass is 325 g/mol. The Morgan fingerprint density at radius 3 is 2.88 bits per heavy atom. The van der Waals surface area contributed by atoms with Crippen LogP contribution in [0.5, 0.6) is 11.5 Å². The van der Waals surface area contributed by atoms with Crippen molar-refractivity contribution in [1.29, 1.82) is 0 Å². The summed E-state index contributed by atoms with van der Waals surface area (Å²) in [4.78, 5) is 12.4. The number of rotatable bonds is 5. The van der Waals surface area contributed by atoms with Crippen LogP contribution < -0.4 is 14.8 Å². The smallest absolute Gasteiger partial charge is 0.228 e. The zero-order valence-electron chi connectivity index (χ0n) is 14.4. The minimum Gasteiger partial charge on any atom is -0.492 e. The van der Waals surface area contributed by atoms with Crippen molar-refractivity contribution < 1.29 is 14.3 Å². The minimum absolute atomic E-state index is 0.0590. The molecule has 126 valence electrons. The van der Waals surface area contributed by atoms with E-state index in [0.717, 1.165) is 28.9 Å². The summed E-state index contributed by atoms with van der Waals surface area (Å²) in [5.74, 6) is 1.47. The Balaban J connectivity index is 1.80. The molecule has 1 aliphatic rings. The molecule has 0 radical (unpaired) electrons. The Hall–Kier alpha value is -2.49. The Morgan fingerprint density at radius 1 is 1.33 bits per heavy atom. The van der Waals surface area contributed by atoms with E-state index in [1.165, 1.54) is 0 Å². The van der Waals surface area contributed by atoms with E-state index in [-0.39, 0.29) is 12.0 Å². The molecule has 0 unspecified atom stereocenters. The van der Waals surface area contributed by atoms with Crippen molar-refractivity contribution in [2.24, 2.45) is 0 Å². The van der Waals surface area contributed by atoms with E-state index < -0.39 is 0 Å². The maximum atomic E-state index is 12.4. The second kappa shape index (κ2) is 6.95. The van der Waals surface area contributed by atoms with E-state index >= 15 is 0 Å². The molecule has 0 aromatic heterocycles. The average Bonchev–Trinajstić information content (AvgIpc) is 2.89. The topological polar surface area (TPSA) is 47.6 Å². The average molecular weight is 325 g/mol. The van der Waals surface area contributed by atoms with Gasteiger partial charge < -0.3 is 14.8 Å². The van der Waals surface area contributed by atoms with Crippen molar-refractivity contribution in [3.63, 3.8) is 0 Å². The fourth-order valence-electron chi connectivity index (χ4n) is 2.99. The Morgan fingerprint density at radius 2 is 2.12 bits per heavy atom. The van der Waals surface area contributed by atoms with Crippen LogP contribution in [0.15, 0.2) is 36.4 Å². The quantitative estimate of drug-likeness (QED) is 0.907. The molecule has 1 amide bonds. The van der Waals surface area contributed by atoms with Gasteiger partial charge in [-0.2, -0.15) is 0 Å². The third kappa shape index (κ3) is 3.53. The number of carbonyl (C=O) groups is 1. The van der Waals surface area contributed by atoms with Gasteiger partial charge in [0.25, 0.3) is 0 Å². The summed E-state index contributed by atoms with van der Waals surface area (Å²) in [5, 5.41) is 2.97. The Bertz CT molecular complexity index is 755. The first kappa shape index (κ1) is 16.4. The lowest BCUT2D eigenvalue weighted by atomic mass is 10.1. The van der Waals surface area contributed by atoms with Crippen LogP contribution in [0.25, 0.3) is 0 Å². The highest BCUT2D eigenvalue weighted by Gasteiger charge is 2.22. The third-order valence-electron chi connectivity index (χ3n) is 4.18. The zero-order valence-corrected chi connectivity index (χ0v) is 14.4. The molecular formula is C20H23NO3. The SMILES string of the molecule is CCOc1cc2c(cc1NC(=O)Cc1ccccc1C)O[C@@H](C)C2. The van der Waals surface area contributed by atoms with Gasteiger partial charge in [0.15, 0.2) is 0 Å². The molecule has 0 aliphatic carbocycles. The molecule has 0 saturated heterocycles. The van der Waals surface area contributed by atoms with Gasteiger partial charge in [0.1, 0.15) is 17.6 Å². The van der Waals surface area contributed by atoms with Crippen LogP contribution in [0.4, 0.5) is 5.69 Å². The normalized spacial score (nSPS) is 15.5. The fraction of sp³-hybridized carbons (Fsp3) is 0.350. The number of fused-ring (bicyclic) bond motifs is 1. The first-order chi connectivity index (χ1) is 11.6. The molecule has 4 heteroatoms. The standard InChI is InChI=1S/C20H23NO3/c1-4-23-19-10-16-9-14(3)24-18(16)12-17(19)21-20(22)11-15-8-6-5-7-13(15)2/h5-8,10,12,14H,4,9,11H2,1-3H3,(H,21,22)/t14-/m0/s1. The van der Waals surface area contributed by atoms with E-state index in [1.54, 1.807) is 0 Å². The molecule has 0 fully saturated rings. The van der Waals surface area contributed by atoms with Gasteiger partial charge in [-0.1, -0.05) is 24.3 Å². The van der Waals surface area contributed by atoms with Crippen molar-refractivity contribution in [3.05, 3.63) is 53.1 Å². The first-order valence-electron chi connectivity index (χ1n) is 8.37. The number of anilines is 1. The van der Waals surface area contributed by atoms with Gasteiger partial charge in [0, 0.05) is 18.1 Å². The molecule has 1 heterocycles. The van der Waals surface area contributed by atoms with Gasteiger partial charge in [-0.05, 0) is 38.0 Å². The van der Waals surface area contributed by atoms with E-state index in [4.69, 9.17) is 9.47 Å². The van der Waals surface area contributed by atoms with Gasteiger partial charge in [-0.25, -0.2) is 0 Å². The van der Waals surface area contributed by atoms with Crippen LogP contribution >= 0.6 is 0 Å². The predicted molar refractivity (Wildman–Crippen MR) is 94.9 cm³/mol. The molecule has 1 N–H and O–H groups in total. The summed E-state index contributed by atoms with van der Waals surface area (Å²) in [5.41, 5.74) is 3.94. The molecule has 0 bridgehead atoms. The van der Waals surface area contributed by atoms with Gasteiger partial charge >= 0.3 is 0 Å². The van der Waals surface area contributed by atoms with Gasteiger partial charge in [0.05, 0.1) is 18.7 Å². The van der Waals surface area contributed by atoms with Crippen molar-refractivity contribution >= 4 is 11.6 Å². The van der Waals surface area contributed by atoms with Crippen LogP contribution in [-0.2, 0) is 17.6 Å². The number of amides is 1. The van der Waals surface area contributed by atoms with Crippen LogP contribution in [-0.4, -0.2) is 18.6 Å². The molecule has 24 heavy (non-hydrogen) atoms. The molecule has 1 aliphatic heterocycles. The zero-order chi connectivity index (χ0) is 17.1. The number of hydrogen-bond acceptors (Lipinski definition) is 3. The summed E-state index contributed by atoms with van der Waals surface area (Å²) in [6.45, 7) is 6.54. The summed E-state index contributed by atoms with van der Waals surface area (Å²) in [6.07, 6.45) is 1.37. The Labute approximate surface area is 142 Å². The van der Waals surface area contributed by atoms with Gasteiger partial charge in [-0.15, -0.1) is 0 Å². The third-order valence-corrected chi connectivity index (χ3v) is 4.18. The van der Waals surface area contributed by atoms with Crippen LogP contribution in [0.3, 0.4) is 0 Å². The lowest BCUT2D eigenvalue weighted by Crippen LogP contribution is -2.16. The number of benzene rings is 2. The van der Waals surface area contributed by atoms with Crippen molar-refractivity contribution in [2.75, 3.05) is 11.9 Å². The largest absolute Gasteiger partial charge is 0.492 e. The molecular weight excluding hydrogens is 302 g/mol. The first-order valence-corrected chi connectivity index (χ1v) is 8.37. The second-order valence-electron chi connectivity index (χ2n) is 6.17. The molecule has 3 rings (SSSR count). The van der Waals surface area contributed by atoms with Crippen molar-refractivity contribution in [3.8, 4) is 11.5 Å². The fourth-order valence-corrected chi connectivity index (χ4v) is 2.99. The lowest BCUT2D eigenvalue weighted by molar-refractivity contribution is -0.115. The van der Waals surface area contributed by atoms with Crippen LogP contribution in [0.1, 0.15) is 30.5 Å². The minimum atomic E-state index is -0.0590. The number of aryl methyl sites for hydroxylation is 1. The van der Waals surface area contributed by atoms with Crippen LogP contribution in [0, 0.1) is 6.92 Å². The number of carbonyl (C=O) groups excluding carboxylic acids is 1. The maximum Gasteiger partial charge on any atom is 0.228 e. The molecule has 0 saturated carbocycles. The second-order valence-corrected chi connectivity index (χ2v) is 6.17. The van der Waals surface area contributed by atoms with Crippen LogP contribution in [0.2, 0.25) is 0 Å². The number of hydrogen-bond donors (Lipinski definition) is 1. The van der Waals surface area contributed by atoms with E-state index in [0.29, 0.717) is 24.5 Å². The molecule has 0 spiro atoms. The lowest BCUT2D eigenvalue weighted by Gasteiger charge is -2.14. The molecule has 1 atom stereocenters. The van der Waals surface area contributed by atoms with Crippen molar-refractivity contribution in [1.82, 2.24) is 0 Å². The highest BCUT2D eigenvalue weighted by atomic mass is 16.5. The summed E-state index contributed by atoms with van der Waals surface area (Å²) < 4.78 is 11.5. The Kier molecular flexibility index (Phi) is 4.74. The van der Waals surface area contributed by atoms with Gasteiger partial charge in [-0.3, -0.25) is 4.79 Å². The van der Waals surface area contributed by atoms with E-state index in [2.05, 4.69) is 5.32 Å². The van der Waals surface area contributed by atoms with Gasteiger partial charge in [0.2, 0.25) is 5.91 Å². The maximum absolute atomic E-state index is 12.4. The highest BCUT2D eigenvalue weighted by molar-refractivity contribution is 5.94. The summed E-state index contributed by atoms with van der Waals surface area (Å²) in [7, 11) is 0. The molecule has 4 nitrogen and oxygen atoms in total. The van der Waals surface area contributed by atoms with Crippen molar-refractivity contribution in [2.45, 2.75) is 39.7 Å². The summed E-state index contributed by atoms with van der Waals surface area (Å²) in [6, 6.07) is 11.8.